The summed E-state index contributed by atoms with van der Waals surface area (Å²) < 4.78 is 0. The molecular formula is C33H68. The second-order valence-electron chi connectivity index (χ2n) is 16.5. The van der Waals surface area contributed by atoms with Crippen molar-refractivity contribution in [3.05, 3.63) is 0 Å². The van der Waals surface area contributed by atoms with Gasteiger partial charge in [-0.1, -0.05) is 145 Å². The molecule has 0 aliphatic heterocycles. The van der Waals surface area contributed by atoms with Gasteiger partial charge in [-0.15, -0.1) is 0 Å². The Morgan fingerprint density at radius 2 is 0.636 bits per heavy atom. The topological polar surface area (TPSA) is 0 Å². The normalized spacial score (nSPS) is 18.6. The molecule has 0 saturated carbocycles. The third-order valence-electron chi connectivity index (χ3n) is 14.6. The van der Waals surface area contributed by atoms with Gasteiger partial charge in [0.15, 0.2) is 0 Å². The maximum Gasteiger partial charge on any atom is -0.0241 e. The van der Waals surface area contributed by atoms with E-state index in [-0.39, 0.29) is 32.5 Å². The van der Waals surface area contributed by atoms with Gasteiger partial charge in [0, 0.05) is 0 Å². The molecule has 0 spiro atoms. The van der Waals surface area contributed by atoms with Crippen LogP contribution in [0.1, 0.15) is 145 Å². The zero-order valence-corrected chi connectivity index (χ0v) is 27.4. The third-order valence-corrected chi connectivity index (χ3v) is 14.6. The lowest BCUT2D eigenvalue weighted by Gasteiger charge is -2.68. The molecule has 0 rings (SSSR count). The molecule has 0 fully saturated rings. The van der Waals surface area contributed by atoms with Crippen LogP contribution >= 0.6 is 0 Å². The fourth-order valence-electron chi connectivity index (χ4n) is 7.01. The minimum absolute atomic E-state index is 0.126. The van der Waals surface area contributed by atoms with Crippen molar-refractivity contribution in [3.63, 3.8) is 0 Å². The van der Waals surface area contributed by atoms with Gasteiger partial charge >= 0.3 is 0 Å². The van der Waals surface area contributed by atoms with Crippen LogP contribution in [0.2, 0.25) is 0 Å². The molecule has 3 atom stereocenters. The van der Waals surface area contributed by atoms with Gasteiger partial charge in [0.2, 0.25) is 0 Å². The van der Waals surface area contributed by atoms with Gasteiger partial charge in [0.1, 0.15) is 0 Å². The quantitative estimate of drug-likeness (QED) is 0.285. The molecule has 0 heterocycles. The fraction of sp³-hybridized carbons (Fsp3) is 1.00. The van der Waals surface area contributed by atoms with Crippen molar-refractivity contribution in [2.45, 2.75) is 145 Å². The molecule has 0 aromatic carbocycles. The Bertz CT molecular complexity index is 633. The number of rotatable bonds is 11. The molecule has 3 unspecified atom stereocenters. The summed E-state index contributed by atoms with van der Waals surface area (Å²) in [5.41, 5.74) is 1.30. The van der Waals surface area contributed by atoms with E-state index in [0.717, 1.165) is 0 Å². The van der Waals surface area contributed by atoms with Crippen molar-refractivity contribution < 1.29 is 0 Å². The van der Waals surface area contributed by atoms with Crippen molar-refractivity contribution in [3.8, 4) is 0 Å². The molecule has 0 bridgehead atoms. The number of hydrogen-bond donors (Lipinski definition) is 0. The first-order chi connectivity index (χ1) is 14.1. The van der Waals surface area contributed by atoms with E-state index in [9.17, 15) is 0 Å². The minimum atomic E-state index is 0.126. The van der Waals surface area contributed by atoms with Crippen molar-refractivity contribution >= 4 is 0 Å². The first kappa shape index (κ1) is 33.0. The highest BCUT2D eigenvalue weighted by atomic mass is 14.7. The third kappa shape index (κ3) is 4.86. The first-order valence-corrected chi connectivity index (χ1v) is 14.1. The predicted octanol–water partition coefficient (Wildman–Crippen LogP) is 11.4. The van der Waals surface area contributed by atoms with Crippen LogP contribution in [0.5, 0.6) is 0 Å². The average molecular weight is 465 g/mol. The maximum absolute atomic E-state index is 2.58. The molecule has 200 valence electrons. The van der Waals surface area contributed by atoms with Gasteiger partial charge in [0.05, 0.1) is 0 Å². The molecule has 33 heavy (non-hydrogen) atoms. The Kier molecular flexibility index (Phi) is 9.47. The van der Waals surface area contributed by atoms with E-state index >= 15 is 0 Å². The summed E-state index contributed by atoms with van der Waals surface area (Å²) in [6.45, 7) is 52.8. The smallest absolute Gasteiger partial charge is 0.0241 e. The maximum atomic E-state index is 2.58. The highest BCUT2D eigenvalue weighted by Crippen LogP contribution is 2.69. The van der Waals surface area contributed by atoms with Gasteiger partial charge < -0.3 is 0 Å². The summed E-state index contributed by atoms with van der Waals surface area (Å²) in [4.78, 5) is 0. The number of hydrogen-bond acceptors (Lipinski definition) is 0. The van der Waals surface area contributed by atoms with Crippen LogP contribution in [-0.4, -0.2) is 0 Å². The highest BCUT2D eigenvalue weighted by Gasteiger charge is 2.63. The lowest BCUT2D eigenvalue weighted by molar-refractivity contribution is -0.195. The summed E-state index contributed by atoms with van der Waals surface area (Å²) in [6.07, 6.45) is 0. The first-order valence-electron chi connectivity index (χ1n) is 14.1. The van der Waals surface area contributed by atoms with Crippen LogP contribution in [-0.2, 0) is 0 Å². The molecule has 0 nitrogen and oxygen atoms in total. The molecule has 0 aromatic rings. The molecule has 0 aliphatic rings. The van der Waals surface area contributed by atoms with Crippen LogP contribution < -0.4 is 0 Å². The molecule has 0 aromatic heterocycles. The van der Waals surface area contributed by atoms with Crippen LogP contribution in [0.3, 0.4) is 0 Å². The molecule has 0 radical (unpaired) electrons. The monoisotopic (exact) mass is 465 g/mol. The fourth-order valence-corrected chi connectivity index (χ4v) is 7.01. The lowest BCUT2D eigenvalue weighted by Crippen LogP contribution is -2.61. The summed E-state index contributed by atoms with van der Waals surface area (Å²) in [6, 6.07) is 0. The summed E-state index contributed by atoms with van der Waals surface area (Å²) in [7, 11) is 0. The van der Waals surface area contributed by atoms with E-state index in [0.29, 0.717) is 35.0 Å². The van der Waals surface area contributed by atoms with Crippen LogP contribution in [0, 0.1) is 67.5 Å². The largest absolute Gasteiger partial charge is 0.0625 e. The van der Waals surface area contributed by atoms with E-state index in [4.69, 9.17) is 0 Å². The van der Waals surface area contributed by atoms with Crippen molar-refractivity contribution in [2.75, 3.05) is 0 Å². The Balaban J connectivity index is 6.58. The van der Waals surface area contributed by atoms with Gasteiger partial charge in [-0.3, -0.25) is 0 Å². The summed E-state index contributed by atoms with van der Waals surface area (Å²) in [5, 5.41) is 0. The highest BCUT2D eigenvalue weighted by molar-refractivity contribution is 5.11. The molecule has 0 heteroatoms. The Morgan fingerprint density at radius 3 is 0.909 bits per heavy atom. The van der Waals surface area contributed by atoms with E-state index in [1.165, 1.54) is 0 Å². The zero-order chi connectivity index (χ0) is 27.4. The van der Waals surface area contributed by atoms with Crippen molar-refractivity contribution in [1.82, 2.24) is 0 Å². The van der Waals surface area contributed by atoms with Crippen LogP contribution in [0.15, 0.2) is 0 Å². The predicted molar refractivity (Wildman–Crippen MR) is 154 cm³/mol. The second kappa shape index (κ2) is 9.47. The molecular weight excluding hydrogens is 396 g/mol. The van der Waals surface area contributed by atoms with Crippen molar-refractivity contribution in [2.24, 2.45) is 67.5 Å². The standard InChI is InChI=1S/C33H68/c1-22(2)24(5)27(8,9)25(6)26(7)29(12,13)31(16,17)33(20,21)32(18,19)30(14,15)28(10,11)23(3)4/h22-26H,1-21H3. The second-order valence-corrected chi connectivity index (χ2v) is 16.5. The Labute approximate surface area is 212 Å². The molecule has 0 saturated heterocycles. The Hall–Kier alpha value is 0. The van der Waals surface area contributed by atoms with E-state index < -0.39 is 0 Å². The Morgan fingerprint density at radius 1 is 0.333 bits per heavy atom. The summed E-state index contributed by atoms with van der Waals surface area (Å²) in [5.74, 6) is 3.29. The van der Waals surface area contributed by atoms with Gasteiger partial charge in [-0.25, -0.2) is 0 Å². The molecule has 0 aliphatic carbocycles. The summed E-state index contributed by atoms with van der Waals surface area (Å²) >= 11 is 0. The van der Waals surface area contributed by atoms with E-state index in [1.807, 2.05) is 0 Å². The van der Waals surface area contributed by atoms with E-state index in [2.05, 4.69) is 145 Å². The average Bonchev–Trinajstić information content (AvgIpc) is 2.64. The van der Waals surface area contributed by atoms with Crippen LogP contribution in [0.25, 0.3) is 0 Å². The van der Waals surface area contributed by atoms with Gasteiger partial charge in [-0.2, -0.15) is 0 Å². The minimum Gasteiger partial charge on any atom is -0.0625 e. The lowest BCUT2D eigenvalue weighted by atomic mass is 9.37. The SMILES string of the molecule is CC(C)C(C)C(C)(C)C(C)C(C)C(C)(C)C(C)(C)C(C)(C)C(C)(C)C(C)(C)C(C)(C)C(C)C. The molecule has 0 amide bonds. The van der Waals surface area contributed by atoms with E-state index in [1.54, 1.807) is 0 Å². The van der Waals surface area contributed by atoms with Crippen LogP contribution in [0.4, 0.5) is 0 Å². The van der Waals surface area contributed by atoms with Gasteiger partial charge in [0.25, 0.3) is 0 Å². The van der Waals surface area contributed by atoms with Gasteiger partial charge in [-0.05, 0) is 67.5 Å². The van der Waals surface area contributed by atoms with Crippen molar-refractivity contribution in [1.29, 1.82) is 0 Å². The molecule has 0 N–H and O–H groups in total. The zero-order valence-electron chi connectivity index (χ0n) is 27.4.